The summed E-state index contributed by atoms with van der Waals surface area (Å²) in [7, 11) is 1.66. The van der Waals surface area contributed by atoms with Crippen LogP contribution in [0.3, 0.4) is 0 Å². The summed E-state index contributed by atoms with van der Waals surface area (Å²) in [5.41, 5.74) is -3.34. The second-order valence-electron chi connectivity index (χ2n) is 15.0. The van der Waals surface area contributed by atoms with E-state index in [9.17, 15) is 35.9 Å². The molecule has 2 N–H and O–H groups in total. The zero-order chi connectivity index (χ0) is 41.1. The van der Waals surface area contributed by atoms with Gasteiger partial charge in [0.15, 0.2) is 21.4 Å². The van der Waals surface area contributed by atoms with Crippen molar-refractivity contribution in [2.75, 3.05) is 18.2 Å². The molecule has 0 bridgehead atoms. The Bertz CT molecular complexity index is 1940. The van der Waals surface area contributed by atoms with Crippen molar-refractivity contribution in [1.29, 1.82) is 0 Å². The largest absolute Gasteiger partial charge is 0.487 e. The van der Waals surface area contributed by atoms with Crippen molar-refractivity contribution in [1.82, 2.24) is 15.5 Å². The smallest absolute Gasteiger partial charge is 0.391 e. The number of aliphatic imine (C=N–C) groups is 1. The number of benzene rings is 2. The highest BCUT2D eigenvalue weighted by molar-refractivity contribution is 14.1. The van der Waals surface area contributed by atoms with Crippen LogP contribution < -0.4 is 20.1 Å². The number of ether oxygens (including phenoxy) is 2. The number of fused-ring (bicyclic) bond motifs is 4. The molecule has 8 rings (SSSR count). The van der Waals surface area contributed by atoms with E-state index in [0.29, 0.717) is 53.5 Å². The summed E-state index contributed by atoms with van der Waals surface area (Å²) < 4.78 is 94.4. The van der Waals surface area contributed by atoms with Gasteiger partial charge in [0.05, 0.1) is 11.8 Å². The van der Waals surface area contributed by atoms with E-state index in [4.69, 9.17) is 26.7 Å². The summed E-state index contributed by atoms with van der Waals surface area (Å²) in [5, 5.41) is 6.35. The molecule has 2 amide bonds. The molecule has 4 heterocycles. The molecule has 6 aliphatic rings. The van der Waals surface area contributed by atoms with Gasteiger partial charge in [-0.2, -0.15) is 26.3 Å². The van der Waals surface area contributed by atoms with Crippen LogP contribution in [0, 0.1) is 11.8 Å². The van der Waals surface area contributed by atoms with Crippen molar-refractivity contribution in [2.24, 2.45) is 16.8 Å². The highest BCUT2D eigenvalue weighted by Crippen LogP contribution is 2.57. The molecule has 19 heteroatoms. The van der Waals surface area contributed by atoms with Crippen LogP contribution in [0.4, 0.5) is 26.3 Å². The number of nitrogens with zero attached hydrogens (tertiary/aromatic N) is 2. The molecule has 0 aromatic heterocycles. The van der Waals surface area contributed by atoms with Crippen molar-refractivity contribution >= 4 is 101 Å². The van der Waals surface area contributed by atoms with Crippen molar-refractivity contribution in [3.8, 4) is 11.5 Å². The minimum absolute atomic E-state index is 0.0901. The van der Waals surface area contributed by atoms with Crippen LogP contribution >= 0.6 is 78.4 Å². The van der Waals surface area contributed by atoms with Gasteiger partial charge in [0.25, 0.3) is 11.8 Å². The molecule has 2 aromatic carbocycles. The number of hydrogen-bond acceptors (Lipinski definition) is 7. The number of rotatable bonds is 0. The molecule has 0 radical (unpaired) electrons. The van der Waals surface area contributed by atoms with Gasteiger partial charge in [-0.15, -0.1) is 0 Å². The molecule has 6 unspecified atom stereocenters. The van der Waals surface area contributed by atoms with Crippen LogP contribution in [0.2, 0.25) is 0 Å². The molecule has 4 spiro atoms. The van der Waals surface area contributed by atoms with Crippen LogP contribution in [0.15, 0.2) is 50.3 Å². The lowest BCUT2D eigenvalue weighted by atomic mass is 9.68. The summed E-state index contributed by atoms with van der Waals surface area (Å²) in [4.78, 5) is 34.3. The standard InChI is InChI=1S/C19H20BrF3N2O2S.C17H16BrF3N2O2S.CH3I/c1-25-15(26)18(24-16(25)28-2)10-17(7-3-4-11(9-17)19(21,22)23)27-14-6-5-12(20)8-13(14)18;18-10-3-4-12-11(6-10)16(13(24)22-14(26)23-16)8-15(25-12)5-1-2-9(7-15)17(19,20)21;1-2/h5-6,8,11H,3-4,7,9-10H2,1-2H3;3-4,6,9H,1-2,5,7-8H2,(H2,22,23,24,26);1H3. The van der Waals surface area contributed by atoms with E-state index in [0.717, 1.165) is 8.95 Å². The maximum absolute atomic E-state index is 13.5. The number of halogens is 9. The van der Waals surface area contributed by atoms with Gasteiger partial charge in [0, 0.05) is 40.0 Å². The summed E-state index contributed by atoms with van der Waals surface area (Å²) in [6.07, 6.45) is -4.81. The maximum Gasteiger partial charge on any atom is 0.391 e. The predicted molar refractivity (Wildman–Crippen MR) is 221 cm³/mol. The first-order valence-corrected chi connectivity index (χ1v) is 23.2. The van der Waals surface area contributed by atoms with E-state index in [1.54, 1.807) is 43.4 Å². The zero-order valence-electron chi connectivity index (χ0n) is 30.4. The third-order valence-electron chi connectivity index (χ3n) is 11.5. The van der Waals surface area contributed by atoms with E-state index in [1.807, 2.05) is 11.2 Å². The molecule has 2 saturated carbocycles. The number of amides is 2. The lowest BCUT2D eigenvalue weighted by Crippen LogP contribution is -2.58. The minimum atomic E-state index is -4.27. The van der Waals surface area contributed by atoms with Crippen molar-refractivity contribution in [2.45, 2.75) is 98.8 Å². The third kappa shape index (κ3) is 8.06. The Labute approximate surface area is 360 Å². The molecule has 4 aliphatic heterocycles. The van der Waals surface area contributed by atoms with Gasteiger partial charge < -0.3 is 20.1 Å². The average Bonchev–Trinajstić information content (AvgIpc) is 3.55. The van der Waals surface area contributed by atoms with Gasteiger partial charge in [-0.05, 0) is 111 Å². The molecule has 2 aromatic rings. The molecule has 2 aliphatic carbocycles. The fourth-order valence-electron chi connectivity index (χ4n) is 9.16. The second-order valence-corrected chi connectivity index (χ2v) is 18.0. The lowest BCUT2D eigenvalue weighted by Gasteiger charge is -2.49. The van der Waals surface area contributed by atoms with E-state index in [1.165, 1.54) is 16.7 Å². The Balaban J connectivity index is 0.000000182. The summed E-state index contributed by atoms with van der Waals surface area (Å²) in [5.74, 6) is -2.54. The van der Waals surface area contributed by atoms with Gasteiger partial charge in [0.2, 0.25) is 0 Å². The van der Waals surface area contributed by atoms with E-state index in [2.05, 4.69) is 65.1 Å². The predicted octanol–water partition coefficient (Wildman–Crippen LogP) is 10.1. The Morgan fingerprint density at radius 3 is 1.84 bits per heavy atom. The first-order valence-electron chi connectivity index (χ1n) is 17.8. The maximum atomic E-state index is 13.5. The SMILES string of the molecule is CI.CSC1=NC2(CC3(CCCC(C(F)(F)F)C3)Oc3ccc(Br)cc32)C(=O)N1C.O=C1NC(=S)NC12CC1(CCCC(C(F)(F)F)C1)Oc1ccc(Br)cc12. The number of hydrogen-bond donors (Lipinski definition) is 2. The zero-order valence-corrected chi connectivity index (χ0v) is 37.4. The fourth-order valence-corrected chi connectivity index (χ4v) is 10.8. The van der Waals surface area contributed by atoms with E-state index >= 15 is 0 Å². The number of thioether (sulfide) groups is 1. The highest BCUT2D eigenvalue weighted by atomic mass is 127. The van der Waals surface area contributed by atoms with Gasteiger partial charge in [0.1, 0.15) is 22.7 Å². The van der Waals surface area contributed by atoms with Gasteiger partial charge >= 0.3 is 12.4 Å². The van der Waals surface area contributed by atoms with Crippen LogP contribution in [0.1, 0.15) is 75.3 Å². The van der Waals surface area contributed by atoms with E-state index < -0.39 is 46.5 Å². The molecule has 56 heavy (non-hydrogen) atoms. The number of thiocarbonyl (C=S) groups is 1. The lowest BCUT2D eigenvalue weighted by molar-refractivity contribution is -0.201. The quantitative estimate of drug-likeness (QED) is 0.118. The number of likely N-dealkylation sites (N-methyl/N-ethyl adjacent to an activating group) is 1. The van der Waals surface area contributed by atoms with Gasteiger partial charge in [-0.1, -0.05) is 66.2 Å². The van der Waals surface area contributed by atoms with Crippen LogP contribution in [-0.4, -0.2) is 68.8 Å². The highest BCUT2D eigenvalue weighted by Gasteiger charge is 2.62. The Hall–Kier alpha value is -1.84. The number of nitrogens with one attached hydrogen (secondary N) is 2. The normalized spacial score (nSPS) is 32.0. The molecule has 306 valence electrons. The monoisotopic (exact) mass is 1070 g/mol. The first kappa shape index (κ1) is 43.7. The Morgan fingerprint density at radius 2 is 1.38 bits per heavy atom. The van der Waals surface area contributed by atoms with Crippen LogP contribution in [0.5, 0.6) is 11.5 Å². The average molecular weight is 1070 g/mol. The summed E-state index contributed by atoms with van der Waals surface area (Å²) in [6.45, 7) is 0. The first-order chi connectivity index (χ1) is 26.2. The number of carbonyl (C=O) groups excluding carboxylic acids is 2. The number of alkyl halides is 7. The molecule has 1 saturated heterocycles. The van der Waals surface area contributed by atoms with Crippen LogP contribution in [0.25, 0.3) is 0 Å². The topological polar surface area (TPSA) is 92.3 Å². The molecular formula is C37H39Br2F6IN4O4S2. The summed E-state index contributed by atoms with van der Waals surface area (Å²) >= 11 is 15.4. The third-order valence-corrected chi connectivity index (χ3v) is 13.4. The molecular weight excluding hydrogens is 1030 g/mol. The molecule has 8 nitrogen and oxygen atoms in total. The second kappa shape index (κ2) is 16.0. The fraction of sp³-hybridized carbons (Fsp3) is 0.568. The molecule has 6 atom stereocenters. The van der Waals surface area contributed by atoms with Crippen molar-refractivity contribution < 1.29 is 45.4 Å². The van der Waals surface area contributed by atoms with E-state index in [-0.39, 0.29) is 55.5 Å². The Kier molecular flexibility index (Phi) is 12.5. The number of amidine groups is 1. The van der Waals surface area contributed by atoms with Gasteiger partial charge in [-0.3, -0.25) is 14.5 Å². The minimum Gasteiger partial charge on any atom is -0.487 e. The van der Waals surface area contributed by atoms with Crippen molar-refractivity contribution in [3.05, 3.63) is 56.5 Å². The number of carbonyl (C=O) groups is 2. The van der Waals surface area contributed by atoms with Crippen LogP contribution in [-0.2, 0) is 20.7 Å². The Morgan fingerprint density at radius 1 is 0.875 bits per heavy atom. The van der Waals surface area contributed by atoms with Crippen molar-refractivity contribution in [3.63, 3.8) is 0 Å². The molecule has 3 fully saturated rings. The summed E-state index contributed by atoms with van der Waals surface area (Å²) in [6, 6.07) is 10.5. The van der Waals surface area contributed by atoms with Gasteiger partial charge in [-0.25, -0.2) is 4.99 Å².